The first kappa shape index (κ1) is 15.7. The molecule has 0 saturated carbocycles. The number of para-hydroxylation sites is 1. The number of aryl methyl sites for hydroxylation is 1. The van der Waals surface area contributed by atoms with Crippen LogP contribution in [0.3, 0.4) is 0 Å². The van der Waals surface area contributed by atoms with Gasteiger partial charge in [0.1, 0.15) is 30.3 Å². The van der Waals surface area contributed by atoms with E-state index in [1.807, 2.05) is 43.3 Å². The van der Waals surface area contributed by atoms with Crippen LogP contribution in [0.1, 0.15) is 5.69 Å². The van der Waals surface area contributed by atoms with Gasteiger partial charge >= 0.3 is 0 Å². The molecule has 2 N–H and O–H groups in total. The summed E-state index contributed by atoms with van der Waals surface area (Å²) in [6.07, 6.45) is 3.13. The summed E-state index contributed by atoms with van der Waals surface area (Å²) in [6.45, 7) is 3.10. The fraction of sp³-hybridized carbons (Fsp3) is 0.176. The fourth-order valence-electron chi connectivity index (χ4n) is 2.06. The van der Waals surface area contributed by atoms with Gasteiger partial charge in [-0.3, -0.25) is 0 Å². The Kier molecular flexibility index (Phi) is 5.14. The average molecular weight is 322 g/mol. The number of nitrogens with one attached hydrogen (secondary N) is 2. The maximum Gasteiger partial charge on any atom is 0.230 e. The predicted octanol–water partition coefficient (Wildman–Crippen LogP) is 2.81. The van der Waals surface area contributed by atoms with Gasteiger partial charge in [-0.05, 0) is 25.1 Å². The first-order chi connectivity index (χ1) is 11.8. The SMILES string of the molecule is Cc1cc(NCCOc2ccccc2)nc(Nc2ccncn2)n1. The van der Waals surface area contributed by atoms with Gasteiger partial charge in [-0.1, -0.05) is 18.2 Å². The van der Waals surface area contributed by atoms with Crippen molar-refractivity contribution in [2.45, 2.75) is 6.92 Å². The van der Waals surface area contributed by atoms with Crippen LogP contribution in [-0.2, 0) is 0 Å². The van der Waals surface area contributed by atoms with Gasteiger partial charge in [-0.2, -0.15) is 4.98 Å². The van der Waals surface area contributed by atoms with Crippen molar-refractivity contribution < 1.29 is 4.74 Å². The van der Waals surface area contributed by atoms with Gasteiger partial charge in [-0.15, -0.1) is 0 Å². The molecular formula is C17H18N6O. The maximum absolute atomic E-state index is 5.65. The molecule has 0 bridgehead atoms. The summed E-state index contributed by atoms with van der Waals surface area (Å²) >= 11 is 0. The molecule has 0 aliphatic heterocycles. The van der Waals surface area contributed by atoms with Crippen LogP contribution < -0.4 is 15.4 Å². The minimum atomic E-state index is 0.486. The van der Waals surface area contributed by atoms with Gasteiger partial charge in [0.25, 0.3) is 0 Å². The summed E-state index contributed by atoms with van der Waals surface area (Å²) < 4.78 is 5.65. The quantitative estimate of drug-likeness (QED) is 0.647. The standard InChI is InChI=1S/C17H18N6O/c1-13-11-16(19-9-10-24-14-5-3-2-4-6-14)23-17(21-13)22-15-7-8-18-12-20-15/h2-8,11-12H,9-10H2,1H3,(H2,18,19,20,21,22,23). The van der Waals surface area contributed by atoms with Crippen LogP contribution in [0.2, 0.25) is 0 Å². The van der Waals surface area contributed by atoms with Gasteiger partial charge in [0, 0.05) is 18.0 Å². The molecule has 0 aliphatic carbocycles. The summed E-state index contributed by atoms with van der Waals surface area (Å²) in [5.74, 6) is 2.72. The van der Waals surface area contributed by atoms with E-state index in [-0.39, 0.29) is 0 Å². The molecule has 0 amide bonds. The Labute approximate surface area is 140 Å². The molecular weight excluding hydrogens is 304 g/mol. The van der Waals surface area contributed by atoms with Gasteiger partial charge in [-0.25, -0.2) is 15.0 Å². The third kappa shape index (κ3) is 4.64. The van der Waals surface area contributed by atoms with E-state index < -0.39 is 0 Å². The Morgan fingerprint density at radius 1 is 1.04 bits per heavy atom. The highest BCUT2D eigenvalue weighted by Gasteiger charge is 2.03. The number of ether oxygens (including phenoxy) is 1. The second-order valence-corrected chi connectivity index (χ2v) is 5.03. The van der Waals surface area contributed by atoms with Crippen LogP contribution in [0.15, 0.2) is 55.0 Å². The molecule has 122 valence electrons. The summed E-state index contributed by atoms with van der Waals surface area (Å²) in [4.78, 5) is 16.8. The normalized spacial score (nSPS) is 10.2. The highest BCUT2D eigenvalue weighted by Crippen LogP contribution is 2.13. The van der Waals surface area contributed by atoms with Crippen molar-refractivity contribution >= 4 is 17.6 Å². The number of aromatic nitrogens is 4. The van der Waals surface area contributed by atoms with Crippen molar-refractivity contribution in [2.75, 3.05) is 23.8 Å². The Balaban J connectivity index is 1.55. The predicted molar refractivity (Wildman–Crippen MR) is 92.5 cm³/mol. The molecule has 7 nitrogen and oxygen atoms in total. The highest BCUT2D eigenvalue weighted by molar-refractivity contribution is 5.50. The van der Waals surface area contributed by atoms with E-state index >= 15 is 0 Å². The number of hydrogen-bond acceptors (Lipinski definition) is 7. The lowest BCUT2D eigenvalue weighted by Gasteiger charge is -2.10. The molecule has 0 saturated heterocycles. The molecule has 0 atom stereocenters. The molecule has 0 aliphatic rings. The molecule has 7 heteroatoms. The van der Waals surface area contributed by atoms with Crippen molar-refractivity contribution in [3.63, 3.8) is 0 Å². The Bertz CT molecular complexity index is 767. The lowest BCUT2D eigenvalue weighted by atomic mass is 10.3. The van der Waals surface area contributed by atoms with E-state index in [9.17, 15) is 0 Å². The maximum atomic E-state index is 5.65. The van der Waals surface area contributed by atoms with Crippen molar-refractivity contribution in [2.24, 2.45) is 0 Å². The largest absolute Gasteiger partial charge is 0.492 e. The summed E-state index contributed by atoms with van der Waals surface area (Å²) in [5.41, 5.74) is 0.855. The topological polar surface area (TPSA) is 84.9 Å². The molecule has 3 rings (SSSR count). The summed E-state index contributed by atoms with van der Waals surface area (Å²) in [6, 6.07) is 13.3. The van der Waals surface area contributed by atoms with Crippen LogP contribution in [-0.4, -0.2) is 33.1 Å². The summed E-state index contributed by atoms with van der Waals surface area (Å²) in [5, 5.41) is 6.29. The minimum Gasteiger partial charge on any atom is -0.492 e. The van der Waals surface area contributed by atoms with E-state index in [1.54, 1.807) is 12.3 Å². The Hall–Kier alpha value is -3.22. The van der Waals surface area contributed by atoms with E-state index in [4.69, 9.17) is 4.74 Å². The molecule has 24 heavy (non-hydrogen) atoms. The van der Waals surface area contributed by atoms with Crippen molar-refractivity contribution in [1.29, 1.82) is 0 Å². The van der Waals surface area contributed by atoms with Gasteiger partial charge in [0.15, 0.2) is 0 Å². The molecule has 3 aromatic rings. The highest BCUT2D eigenvalue weighted by atomic mass is 16.5. The number of rotatable bonds is 7. The van der Waals surface area contributed by atoms with Crippen LogP contribution in [0.4, 0.5) is 17.6 Å². The monoisotopic (exact) mass is 322 g/mol. The molecule has 2 aromatic heterocycles. The van der Waals surface area contributed by atoms with E-state index in [0.29, 0.717) is 24.9 Å². The second-order valence-electron chi connectivity index (χ2n) is 5.03. The average Bonchev–Trinajstić information content (AvgIpc) is 2.60. The lowest BCUT2D eigenvalue weighted by molar-refractivity contribution is 0.333. The summed E-state index contributed by atoms with van der Waals surface area (Å²) in [7, 11) is 0. The van der Waals surface area contributed by atoms with E-state index in [1.165, 1.54) is 6.33 Å². The number of benzene rings is 1. The third-order valence-electron chi connectivity index (χ3n) is 3.10. The second kappa shape index (κ2) is 7.87. The molecule has 0 spiro atoms. The molecule has 0 fully saturated rings. The third-order valence-corrected chi connectivity index (χ3v) is 3.10. The van der Waals surface area contributed by atoms with Crippen molar-refractivity contribution in [3.05, 3.63) is 60.7 Å². The van der Waals surface area contributed by atoms with Gasteiger partial charge in [0.05, 0.1) is 6.54 Å². The first-order valence-corrected chi connectivity index (χ1v) is 7.60. The van der Waals surface area contributed by atoms with E-state index in [2.05, 4.69) is 30.6 Å². The van der Waals surface area contributed by atoms with Crippen molar-refractivity contribution in [3.8, 4) is 5.75 Å². The molecule has 1 aromatic carbocycles. The molecule has 0 unspecified atom stereocenters. The fourth-order valence-corrected chi connectivity index (χ4v) is 2.06. The van der Waals surface area contributed by atoms with Crippen LogP contribution in [0.25, 0.3) is 0 Å². The van der Waals surface area contributed by atoms with Gasteiger partial charge < -0.3 is 15.4 Å². The minimum absolute atomic E-state index is 0.486. The van der Waals surface area contributed by atoms with Crippen LogP contribution >= 0.6 is 0 Å². The lowest BCUT2D eigenvalue weighted by Crippen LogP contribution is -2.13. The first-order valence-electron chi connectivity index (χ1n) is 7.60. The van der Waals surface area contributed by atoms with Gasteiger partial charge in [0.2, 0.25) is 5.95 Å². The number of hydrogen-bond donors (Lipinski definition) is 2. The zero-order chi connectivity index (χ0) is 16.6. The zero-order valence-corrected chi connectivity index (χ0v) is 13.3. The Morgan fingerprint density at radius 2 is 1.92 bits per heavy atom. The zero-order valence-electron chi connectivity index (χ0n) is 13.3. The van der Waals surface area contributed by atoms with Crippen LogP contribution in [0.5, 0.6) is 5.75 Å². The number of nitrogens with zero attached hydrogens (tertiary/aromatic N) is 4. The Morgan fingerprint density at radius 3 is 2.71 bits per heavy atom. The van der Waals surface area contributed by atoms with Crippen molar-refractivity contribution in [1.82, 2.24) is 19.9 Å². The number of anilines is 3. The molecule has 2 heterocycles. The van der Waals surface area contributed by atoms with Crippen LogP contribution in [0, 0.1) is 6.92 Å². The smallest absolute Gasteiger partial charge is 0.230 e. The van der Waals surface area contributed by atoms with E-state index in [0.717, 1.165) is 17.3 Å². The molecule has 0 radical (unpaired) electrons.